The van der Waals surface area contributed by atoms with Crippen LogP contribution in [0.3, 0.4) is 0 Å². The zero-order chi connectivity index (χ0) is 20.1. The molecule has 8 heteroatoms. The summed E-state index contributed by atoms with van der Waals surface area (Å²) in [7, 11) is 3.21. The first-order valence-electron chi connectivity index (χ1n) is 8.47. The van der Waals surface area contributed by atoms with Gasteiger partial charge >= 0.3 is 6.03 Å². The monoisotopic (exact) mass is 380 g/mol. The molecule has 0 bridgehead atoms. The van der Waals surface area contributed by atoms with Crippen molar-refractivity contribution in [2.75, 3.05) is 29.7 Å². The molecule has 144 valence electrons. The summed E-state index contributed by atoms with van der Waals surface area (Å²) in [6.07, 6.45) is 2.93. The summed E-state index contributed by atoms with van der Waals surface area (Å²) in [6, 6.07) is 11.8. The highest BCUT2D eigenvalue weighted by atomic mass is 16.5. The molecule has 0 aliphatic heterocycles. The predicted octanol–water partition coefficient (Wildman–Crippen LogP) is 3.98. The van der Waals surface area contributed by atoms with Crippen molar-refractivity contribution in [2.24, 2.45) is 0 Å². The molecule has 28 heavy (non-hydrogen) atoms. The molecule has 0 fully saturated rings. The van der Waals surface area contributed by atoms with Crippen LogP contribution in [0, 0.1) is 0 Å². The molecule has 0 saturated heterocycles. The van der Waals surface area contributed by atoms with Crippen molar-refractivity contribution in [3.8, 4) is 17.1 Å². The van der Waals surface area contributed by atoms with Crippen LogP contribution in [0.5, 0.6) is 5.75 Å². The number of methoxy groups -OCH3 is 1. The summed E-state index contributed by atoms with van der Waals surface area (Å²) >= 11 is 0. The Morgan fingerprint density at radius 3 is 2.50 bits per heavy atom. The maximum absolute atomic E-state index is 12.3. The Kier molecular flexibility index (Phi) is 5.59. The van der Waals surface area contributed by atoms with Crippen LogP contribution in [0.25, 0.3) is 11.3 Å². The van der Waals surface area contributed by atoms with Crippen LogP contribution in [0.4, 0.5) is 21.9 Å². The van der Waals surface area contributed by atoms with Crippen molar-refractivity contribution < 1.29 is 18.7 Å². The Morgan fingerprint density at radius 2 is 1.86 bits per heavy atom. The molecule has 0 radical (unpaired) electrons. The number of hydrogen-bond donors (Lipinski definition) is 2. The number of carbonyl (C=O) groups excluding carboxylic acids is 2. The van der Waals surface area contributed by atoms with Gasteiger partial charge in [0, 0.05) is 37.1 Å². The number of nitrogens with one attached hydrogen (secondary N) is 2. The second kappa shape index (κ2) is 8.26. The lowest BCUT2D eigenvalue weighted by Crippen LogP contribution is -2.23. The largest absolute Gasteiger partial charge is 0.496 e. The molecule has 8 nitrogen and oxygen atoms in total. The van der Waals surface area contributed by atoms with Crippen LogP contribution < -0.4 is 20.3 Å². The number of rotatable bonds is 5. The third-order valence-corrected chi connectivity index (χ3v) is 4.12. The second-order valence-corrected chi connectivity index (χ2v) is 5.99. The van der Waals surface area contributed by atoms with Gasteiger partial charge in [-0.2, -0.15) is 0 Å². The normalized spacial score (nSPS) is 10.2. The maximum atomic E-state index is 12.3. The average Bonchev–Trinajstić information content (AvgIpc) is 3.21. The fourth-order valence-corrected chi connectivity index (χ4v) is 2.59. The van der Waals surface area contributed by atoms with Crippen molar-refractivity contribution >= 4 is 29.0 Å². The van der Waals surface area contributed by atoms with Gasteiger partial charge in [-0.25, -0.2) is 9.78 Å². The van der Waals surface area contributed by atoms with Crippen molar-refractivity contribution in [1.29, 1.82) is 0 Å². The summed E-state index contributed by atoms with van der Waals surface area (Å²) in [5.74, 6) is 1.01. The van der Waals surface area contributed by atoms with E-state index in [1.165, 1.54) is 25.3 Å². The minimum Gasteiger partial charge on any atom is -0.496 e. The van der Waals surface area contributed by atoms with Crippen molar-refractivity contribution in [1.82, 2.24) is 4.98 Å². The fourth-order valence-electron chi connectivity index (χ4n) is 2.59. The summed E-state index contributed by atoms with van der Waals surface area (Å²) in [4.78, 5) is 29.2. The molecule has 3 aromatic rings. The van der Waals surface area contributed by atoms with Crippen molar-refractivity contribution in [3.63, 3.8) is 0 Å². The van der Waals surface area contributed by atoms with Crippen molar-refractivity contribution in [2.45, 2.75) is 6.92 Å². The Balaban J connectivity index is 1.72. The Bertz CT molecular complexity index is 986. The van der Waals surface area contributed by atoms with Gasteiger partial charge in [0.15, 0.2) is 12.2 Å². The highest BCUT2D eigenvalue weighted by molar-refractivity contribution is 6.01. The summed E-state index contributed by atoms with van der Waals surface area (Å²) in [5.41, 5.74) is 2.53. The van der Waals surface area contributed by atoms with E-state index < -0.39 is 6.03 Å². The van der Waals surface area contributed by atoms with E-state index in [9.17, 15) is 9.59 Å². The lowest BCUT2D eigenvalue weighted by molar-refractivity contribution is -0.116. The van der Waals surface area contributed by atoms with Gasteiger partial charge in [-0.3, -0.25) is 4.79 Å². The van der Waals surface area contributed by atoms with Gasteiger partial charge in [0.2, 0.25) is 5.91 Å². The summed E-state index contributed by atoms with van der Waals surface area (Å²) in [5, 5.41) is 5.50. The number of carbonyl (C=O) groups is 2. The number of amides is 3. The molecule has 0 spiro atoms. The smallest absolute Gasteiger partial charge is 0.323 e. The predicted molar refractivity (Wildman–Crippen MR) is 107 cm³/mol. The van der Waals surface area contributed by atoms with Crippen LogP contribution in [-0.2, 0) is 4.79 Å². The summed E-state index contributed by atoms with van der Waals surface area (Å²) < 4.78 is 10.7. The van der Waals surface area contributed by atoms with Gasteiger partial charge in [-0.15, -0.1) is 0 Å². The first kappa shape index (κ1) is 19.0. The first-order chi connectivity index (χ1) is 13.5. The number of oxazole rings is 1. The summed E-state index contributed by atoms with van der Waals surface area (Å²) in [6.45, 7) is 1.47. The van der Waals surface area contributed by atoms with Gasteiger partial charge in [0.05, 0.1) is 18.9 Å². The van der Waals surface area contributed by atoms with E-state index in [0.29, 0.717) is 28.6 Å². The maximum Gasteiger partial charge on any atom is 0.323 e. The van der Waals surface area contributed by atoms with Crippen molar-refractivity contribution in [3.05, 3.63) is 55.1 Å². The van der Waals surface area contributed by atoms with Crippen LogP contribution in [-0.4, -0.2) is 31.1 Å². The number of anilines is 3. The molecule has 2 N–H and O–H groups in total. The number of aromatic nitrogens is 1. The van der Waals surface area contributed by atoms with E-state index in [0.717, 1.165) is 5.56 Å². The Labute approximate surface area is 162 Å². The van der Waals surface area contributed by atoms with Crippen LogP contribution in [0.2, 0.25) is 0 Å². The lowest BCUT2D eigenvalue weighted by Gasteiger charge is -2.16. The van der Waals surface area contributed by atoms with Crippen LogP contribution in [0.1, 0.15) is 6.92 Å². The van der Waals surface area contributed by atoms with Crippen LogP contribution >= 0.6 is 0 Å². The number of nitrogens with zero attached hydrogens (tertiary/aromatic N) is 2. The third-order valence-electron chi connectivity index (χ3n) is 4.12. The average molecular weight is 380 g/mol. The molecular weight excluding hydrogens is 360 g/mol. The van der Waals surface area contributed by atoms with Gasteiger partial charge in [0.1, 0.15) is 5.75 Å². The van der Waals surface area contributed by atoms with Gasteiger partial charge in [0.25, 0.3) is 0 Å². The highest BCUT2D eigenvalue weighted by Crippen LogP contribution is 2.32. The molecule has 1 aromatic heterocycles. The highest BCUT2D eigenvalue weighted by Gasteiger charge is 2.12. The molecule has 0 unspecified atom stereocenters. The topological polar surface area (TPSA) is 96.7 Å². The number of urea groups is 1. The van der Waals surface area contributed by atoms with Gasteiger partial charge in [-0.1, -0.05) is 6.07 Å². The molecule has 2 aromatic carbocycles. The number of hydrogen-bond acceptors (Lipinski definition) is 5. The minimum atomic E-state index is -0.419. The third kappa shape index (κ3) is 4.29. The van der Waals surface area contributed by atoms with E-state index in [1.807, 2.05) is 0 Å². The lowest BCUT2D eigenvalue weighted by atomic mass is 10.1. The molecule has 3 amide bonds. The Hall–Kier alpha value is -3.81. The molecular formula is C20H20N4O4. The molecule has 1 heterocycles. The van der Waals surface area contributed by atoms with E-state index in [1.54, 1.807) is 55.7 Å². The standard InChI is InChI=1S/C20H20N4O4/c1-13(25)24(2)16-6-4-5-14(9-16)22-20(26)23-15-7-8-17(18(10-15)27-3)19-11-21-12-28-19/h4-12H,1-3H3,(H2,22,23,26). The molecule has 0 aliphatic carbocycles. The zero-order valence-corrected chi connectivity index (χ0v) is 15.7. The zero-order valence-electron chi connectivity index (χ0n) is 15.7. The quantitative estimate of drug-likeness (QED) is 0.698. The minimum absolute atomic E-state index is 0.0967. The molecule has 3 rings (SSSR count). The Morgan fingerprint density at radius 1 is 1.11 bits per heavy atom. The first-order valence-corrected chi connectivity index (χ1v) is 8.47. The number of benzene rings is 2. The van der Waals surface area contributed by atoms with E-state index in [4.69, 9.17) is 9.15 Å². The number of ether oxygens (including phenoxy) is 1. The molecule has 0 saturated carbocycles. The van der Waals surface area contributed by atoms with E-state index in [2.05, 4.69) is 15.6 Å². The van der Waals surface area contributed by atoms with E-state index in [-0.39, 0.29) is 5.91 Å². The van der Waals surface area contributed by atoms with Gasteiger partial charge < -0.3 is 24.7 Å². The molecule has 0 atom stereocenters. The van der Waals surface area contributed by atoms with Crippen LogP contribution in [0.15, 0.2) is 59.5 Å². The second-order valence-electron chi connectivity index (χ2n) is 5.99. The SMILES string of the molecule is COc1cc(NC(=O)Nc2cccc(N(C)C(C)=O)c2)ccc1-c1cnco1. The molecule has 0 aliphatic rings. The fraction of sp³-hybridized carbons (Fsp3) is 0.150. The van der Waals surface area contributed by atoms with E-state index >= 15 is 0 Å². The van der Waals surface area contributed by atoms with Gasteiger partial charge in [-0.05, 0) is 30.3 Å².